The molecule has 0 radical (unpaired) electrons. The number of hydrogen-bond donors (Lipinski definition) is 0. The van der Waals surface area contributed by atoms with Gasteiger partial charge in [0, 0.05) is 33.3 Å². The molecule has 0 saturated carbocycles. The van der Waals surface area contributed by atoms with Gasteiger partial charge in [0.15, 0.2) is 12.4 Å². The number of carbonyl (C=O) groups excluding carboxylic acids is 1. The number of rotatable bonds is 8. The Morgan fingerprint density at radius 1 is 1.22 bits per heavy atom. The van der Waals surface area contributed by atoms with Gasteiger partial charge in [-0.25, -0.2) is 9.07 Å². The predicted molar refractivity (Wildman–Crippen MR) is 111 cm³/mol. The summed E-state index contributed by atoms with van der Waals surface area (Å²) in [6.07, 6.45) is 1.65. The number of nitrogens with zero attached hydrogens (tertiary/aromatic N) is 6. The third-order valence-corrected chi connectivity index (χ3v) is 6.07. The highest BCUT2D eigenvalue weighted by Crippen LogP contribution is 2.37. The largest absolute Gasteiger partial charge is 0.484 e. The van der Waals surface area contributed by atoms with E-state index in [9.17, 15) is 9.18 Å². The van der Waals surface area contributed by atoms with E-state index in [1.54, 1.807) is 11.8 Å². The van der Waals surface area contributed by atoms with Gasteiger partial charge in [0.1, 0.15) is 17.1 Å². The van der Waals surface area contributed by atoms with Crippen LogP contribution in [0.3, 0.4) is 0 Å². The molecule has 0 aliphatic carbocycles. The number of aromatic nitrogens is 4. The van der Waals surface area contributed by atoms with Crippen molar-refractivity contribution in [3.8, 4) is 5.75 Å². The number of piperidine rings is 1. The fourth-order valence-electron chi connectivity index (χ4n) is 4.46. The van der Waals surface area contributed by atoms with E-state index in [-0.39, 0.29) is 18.3 Å². The fraction of sp³-hybridized carbons (Fsp3) is 0.619. The minimum Gasteiger partial charge on any atom is -0.484 e. The lowest BCUT2D eigenvalue weighted by atomic mass is 9.85. The first kappa shape index (κ1) is 22.6. The molecule has 1 aromatic heterocycles. The summed E-state index contributed by atoms with van der Waals surface area (Å²) in [7, 11) is 1.64. The summed E-state index contributed by atoms with van der Waals surface area (Å²) >= 11 is 0. The number of amides is 1. The van der Waals surface area contributed by atoms with E-state index in [0.717, 1.165) is 31.8 Å². The zero-order valence-corrected chi connectivity index (χ0v) is 18.3. The fourth-order valence-corrected chi connectivity index (χ4v) is 4.46. The van der Waals surface area contributed by atoms with Gasteiger partial charge in [-0.3, -0.25) is 9.69 Å². The molecule has 32 heavy (non-hydrogen) atoms. The third-order valence-electron chi connectivity index (χ3n) is 6.07. The summed E-state index contributed by atoms with van der Waals surface area (Å²) in [5.74, 6) is 0.733. The maximum absolute atomic E-state index is 13.1. The summed E-state index contributed by atoms with van der Waals surface area (Å²) in [6, 6.07) is 5.65. The van der Waals surface area contributed by atoms with Crippen molar-refractivity contribution in [2.45, 2.75) is 24.9 Å². The van der Waals surface area contributed by atoms with Gasteiger partial charge < -0.3 is 19.1 Å². The molecule has 2 aromatic rings. The van der Waals surface area contributed by atoms with Crippen LogP contribution in [0.1, 0.15) is 18.7 Å². The van der Waals surface area contributed by atoms with Gasteiger partial charge in [-0.15, -0.1) is 5.10 Å². The van der Waals surface area contributed by atoms with Gasteiger partial charge >= 0.3 is 0 Å². The van der Waals surface area contributed by atoms with Crippen LogP contribution in [0.15, 0.2) is 24.3 Å². The summed E-state index contributed by atoms with van der Waals surface area (Å²) in [5, 5.41) is 12.5. The molecule has 1 aromatic carbocycles. The second kappa shape index (κ2) is 10.3. The zero-order chi connectivity index (χ0) is 22.4. The molecule has 11 heteroatoms. The van der Waals surface area contributed by atoms with E-state index in [4.69, 9.17) is 14.2 Å². The van der Waals surface area contributed by atoms with E-state index in [2.05, 4.69) is 20.4 Å². The van der Waals surface area contributed by atoms with Crippen LogP contribution in [0.2, 0.25) is 0 Å². The van der Waals surface area contributed by atoms with E-state index >= 15 is 0 Å². The van der Waals surface area contributed by atoms with Gasteiger partial charge in [0.05, 0.1) is 26.4 Å². The maximum atomic E-state index is 13.1. The molecular formula is C21H29FN6O4. The number of benzene rings is 1. The Morgan fingerprint density at radius 3 is 2.75 bits per heavy atom. The van der Waals surface area contributed by atoms with Gasteiger partial charge in [-0.2, -0.15) is 0 Å². The molecule has 2 aliphatic heterocycles. The number of morpholine rings is 1. The van der Waals surface area contributed by atoms with Crippen LogP contribution >= 0.6 is 0 Å². The van der Waals surface area contributed by atoms with Gasteiger partial charge in [-0.1, -0.05) is 0 Å². The molecule has 1 atom stereocenters. The highest BCUT2D eigenvalue weighted by atomic mass is 19.1. The van der Waals surface area contributed by atoms with Crippen molar-refractivity contribution >= 4 is 5.91 Å². The summed E-state index contributed by atoms with van der Waals surface area (Å²) in [6.45, 7) is 4.75. The highest BCUT2D eigenvalue weighted by Gasteiger charge is 2.47. The van der Waals surface area contributed by atoms with E-state index in [0.29, 0.717) is 45.2 Å². The summed E-state index contributed by atoms with van der Waals surface area (Å²) < 4.78 is 31.3. The molecule has 174 valence electrons. The standard InChI is InChI=1S/C21H29FN6O4/c1-30-12-11-28-20(23-24-25-28)21(27-9-13-31-14-10-27)7-2-8-26(16-21)19(29)15-32-18-5-3-17(22)4-6-18/h3-6H,2,7-16H2,1H3. The van der Waals surface area contributed by atoms with Crippen molar-refractivity contribution < 1.29 is 23.4 Å². The number of tetrazole rings is 1. The van der Waals surface area contributed by atoms with Crippen molar-refractivity contribution in [1.29, 1.82) is 0 Å². The summed E-state index contributed by atoms with van der Waals surface area (Å²) in [4.78, 5) is 17.2. The van der Waals surface area contributed by atoms with Crippen LogP contribution in [-0.2, 0) is 26.4 Å². The Balaban J connectivity index is 1.53. The minimum absolute atomic E-state index is 0.112. The van der Waals surface area contributed by atoms with Crippen molar-refractivity contribution in [2.24, 2.45) is 0 Å². The van der Waals surface area contributed by atoms with Crippen LogP contribution in [0.25, 0.3) is 0 Å². The quantitative estimate of drug-likeness (QED) is 0.582. The summed E-state index contributed by atoms with van der Waals surface area (Å²) in [5.41, 5.74) is -0.509. The van der Waals surface area contributed by atoms with Crippen LogP contribution < -0.4 is 4.74 Å². The minimum atomic E-state index is -0.509. The van der Waals surface area contributed by atoms with Crippen LogP contribution in [0.4, 0.5) is 4.39 Å². The number of ether oxygens (including phenoxy) is 3. The molecule has 4 rings (SSSR count). The first-order valence-corrected chi connectivity index (χ1v) is 10.9. The second-order valence-corrected chi connectivity index (χ2v) is 8.01. The Morgan fingerprint density at radius 2 is 2.00 bits per heavy atom. The second-order valence-electron chi connectivity index (χ2n) is 8.01. The van der Waals surface area contributed by atoms with Crippen molar-refractivity contribution in [2.75, 3.05) is 59.7 Å². The third kappa shape index (κ3) is 4.89. The van der Waals surface area contributed by atoms with E-state index < -0.39 is 5.54 Å². The molecule has 3 heterocycles. The Bertz CT molecular complexity index is 889. The molecule has 0 N–H and O–H groups in total. The molecular weight excluding hydrogens is 419 g/mol. The zero-order valence-electron chi connectivity index (χ0n) is 18.3. The molecule has 2 saturated heterocycles. The number of hydrogen-bond acceptors (Lipinski definition) is 8. The van der Waals surface area contributed by atoms with Crippen molar-refractivity contribution in [3.63, 3.8) is 0 Å². The maximum Gasteiger partial charge on any atom is 0.260 e. The van der Waals surface area contributed by atoms with Gasteiger partial charge in [-0.05, 0) is 47.5 Å². The van der Waals surface area contributed by atoms with Crippen LogP contribution in [0.5, 0.6) is 5.75 Å². The normalized spacial score (nSPS) is 22.1. The monoisotopic (exact) mass is 448 g/mol. The molecule has 0 bridgehead atoms. The average molecular weight is 448 g/mol. The molecule has 10 nitrogen and oxygen atoms in total. The average Bonchev–Trinajstić information content (AvgIpc) is 3.32. The lowest BCUT2D eigenvalue weighted by Crippen LogP contribution is -2.61. The lowest BCUT2D eigenvalue weighted by molar-refractivity contribution is -0.140. The number of methoxy groups -OCH3 is 1. The number of carbonyl (C=O) groups is 1. The Labute approximate surface area is 186 Å². The number of likely N-dealkylation sites (tertiary alicyclic amines) is 1. The van der Waals surface area contributed by atoms with Crippen molar-refractivity contribution in [1.82, 2.24) is 30.0 Å². The van der Waals surface area contributed by atoms with Gasteiger partial charge in [0.2, 0.25) is 0 Å². The van der Waals surface area contributed by atoms with Gasteiger partial charge in [0.25, 0.3) is 5.91 Å². The lowest BCUT2D eigenvalue weighted by Gasteiger charge is -2.49. The topological polar surface area (TPSA) is 94.8 Å². The van der Waals surface area contributed by atoms with Crippen molar-refractivity contribution in [3.05, 3.63) is 35.9 Å². The molecule has 1 unspecified atom stereocenters. The van der Waals surface area contributed by atoms with E-state index in [1.807, 2.05) is 4.90 Å². The Hall–Kier alpha value is -2.63. The number of halogens is 1. The Kier molecular flexibility index (Phi) is 7.28. The molecule has 0 spiro atoms. The SMILES string of the molecule is COCCn1nnnc1C1(N2CCOCC2)CCCN(C(=O)COc2ccc(F)cc2)C1. The highest BCUT2D eigenvalue weighted by molar-refractivity contribution is 5.78. The predicted octanol–water partition coefficient (Wildman–Crippen LogP) is 0.688. The smallest absolute Gasteiger partial charge is 0.260 e. The first-order valence-electron chi connectivity index (χ1n) is 10.9. The first-order chi connectivity index (χ1) is 15.6. The molecule has 2 aliphatic rings. The van der Waals surface area contributed by atoms with Crippen LogP contribution in [0, 0.1) is 5.82 Å². The molecule has 2 fully saturated rings. The van der Waals surface area contributed by atoms with E-state index in [1.165, 1.54) is 24.3 Å². The van der Waals surface area contributed by atoms with Crippen LogP contribution in [-0.4, -0.2) is 95.6 Å². The molecule has 1 amide bonds.